The number of hydrogen-bond acceptors (Lipinski definition) is 4. The van der Waals surface area contributed by atoms with E-state index in [4.69, 9.17) is 9.15 Å². The zero-order valence-corrected chi connectivity index (χ0v) is 13.9. The summed E-state index contributed by atoms with van der Waals surface area (Å²) in [7, 11) is 0. The van der Waals surface area contributed by atoms with Crippen LogP contribution >= 0.6 is 0 Å². The molecule has 0 radical (unpaired) electrons. The second-order valence-corrected chi connectivity index (χ2v) is 5.36. The molecule has 1 aromatic carbocycles. The Labute approximate surface area is 145 Å². The van der Waals surface area contributed by atoms with E-state index in [1.54, 1.807) is 30.7 Å². The number of ether oxygens (including phenoxy) is 1. The van der Waals surface area contributed by atoms with Crippen molar-refractivity contribution in [3.63, 3.8) is 0 Å². The minimum Gasteiger partial charge on any atom is -0.493 e. The lowest BCUT2D eigenvalue weighted by Gasteiger charge is -2.09. The average Bonchev–Trinajstić information content (AvgIpc) is 3.32. The Kier molecular flexibility index (Phi) is 5.31. The van der Waals surface area contributed by atoms with Crippen molar-refractivity contribution in [2.75, 3.05) is 6.61 Å². The molecule has 6 nitrogen and oxygen atoms in total. The number of amides is 1. The zero-order chi connectivity index (χ0) is 17.5. The van der Waals surface area contributed by atoms with E-state index in [9.17, 15) is 4.79 Å². The fourth-order valence-corrected chi connectivity index (χ4v) is 2.30. The van der Waals surface area contributed by atoms with Gasteiger partial charge in [0.1, 0.15) is 17.2 Å². The summed E-state index contributed by atoms with van der Waals surface area (Å²) in [5, 5.41) is 3.87. The van der Waals surface area contributed by atoms with Gasteiger partial charge in [0.15, 0.2) is 0 Å². The summed E-state index contributed by atoms with van der Waals surface area (Å²) in [5.41, 5.74) is 4.69. The van der Waals surface area contributed by atoms with Crippen LogP contribution in [-0.2, 0) is 0 Å². The predicted octanol–water partition coefficient (Wildman–Crippen LogP) is 3.83. The highest BCUT2D eigenvalue weighted by Crippen LogP contribution is 2.30. The molecule has 0 atom stereocenters. The molecule has 3 rings (SSSR count). The summed E-state index contributed by atoms with van der Waals surface area (Å²) in [5.74, 6) is 1.03. The summed E-state index contributed by atoms with van der Waals surface area (Å²) in [4.78, 5) is 15.1. The second-order valence-electron chi connectivity index (χ2n) is 5.36. The quantitative estimate of drug-likeness (QED) is 0.508. The minimum absolute atomic E-state index is 0.332. The molecule has 0 aliphatic carbocycles. The first kappa shape index (κ1) is 16.6. The van der Waals surface area contributed by atoms with Gasteiger partial charge in [-0.3, -0.25) is 4.79 Å². The van der Waals surface area contributed by atoms with Gasteiger partial charge >= 0.3 is 0 Å². The lowest BCUT2D eigenvalue weighted by molar-refractivity contribution is 0.0951. The highest BCUT2D eigenvalue weighted by atomic mass is 16.5. The van der Waals surface area contributed by atoms with Crippen molar-refractivity contribution in [2.45, 2.75) is 13.3 Å². The first-order valence-electron chi connectivity index (χ1n) is 8.05. The number of aromatic nitrogens is 1. The Balaban J connectivity index is 1.71. The molecule has 2 heterocycles. The number of hydrogen-bond donors (Lipinski definition) is 2. The molecule has 0 aliphatic heterocycles. The van der Waals surface area contributed by atoms with E-state index in [2.05, 4.69) is 22.4 Å². The molecular formula is C19H19N3O3. The number of rotatable bonds is 7. The van der Waals surface area contributed by atoms with Crippen molar-refractivity contribution >= 4 is 12.1 Å². The first-order valence-corrected chi connectivity index (χ1v) is 8.05. The summed E-state index contributed by atoms with van der Waals surface area (Å²) >= 11 is 0. The molecule has 3 aromatic rings. The molecule has 0 bridgehead atoms. The first-order chi connectivity index (χ1) is 12.3. The lowest BCUT2D eigenvalue weighted by Crippen LogP contribution is -2.17. The van der Waals surface area contributed by atoms with E-state index in [1.165, 1.54) is 6.21 Å². The Bertz CT molecular complexity index is 850. The fraction of sp³-hybridized carbons (Fsp3) is 0.158. The molecule has 2 aromatic heterocycles. The number of nitrogens with one attached hydrogen (secondary N) is 2. The molecule has 0 spiro atoms. The average molecular weight is 337 g/mol. The standard InChI is InChI=1S/C19H19N3O3/c1-2-9-25-18-8-4-3-7-16(18)14-11-17(20-12-14)19(23)22-21-13-15-6-5-10-24-15/h3-8,10-13,20H,2,9H2,1H3,(H,22,23). The largest absolute Gasteiger partial charge is 0.493 e. The summed E-state index contributed by atoms with van der Waals surface area (Å²) < 4.78 is 10.9. The van der Waals surface area contributed by atoms with Crippen molar-refractivity contribution in [3.05, 3.63) is 66.4 Å². The molecular weight excluding hydrogens is 318 g/mol. The number of hydrazone groups is 1. The Morgan fingerprint density at radius 1 is 1.32 bits per heavy atom. The summed E-state index contributed by atoms with van der Waals surface area (Å²) in [6.45, 7) is 2.71. The van der Waals surface area contributed by atoms with Crippen molar-refractivity contribution in [3.8, 4) is 16.9 Å². The Morgan fingerprint density at radius 3 is 3.00 bits per heavy atom. The van der Waals surface area contributed by atoms with Gasteiger partial charge in [0.2, 0.25) is 0 Å². The van der Waals surface area contributed by atoms with Gasteiger partial charge in [0.25, 0.3) is 5.91 Å². The van der Waals surface area contributed by atoms with Gasteiger partial charge in [0.05, 0.1) is 19.1 Å². The maximum Gasteiger partial charge on any atom is 0.287 e. The van der Waals surface area contributed by atoms with Crippen molar-refractivity contribution in [2.24, 2.45) is 5.10 Å². The highest BCUT2D eigenvalue weighted by Gasteiger charge is 2.12. The Morgan fingerprint density at radius 2 is 2.20 bits per heavy atom. The smallest absolute Gasteiger partial charge is 0.287 e. The number of carbonyl (C=O) groups is 1. The van der Waals surface area contributed by atoms with Crippen LogP contribution in [0.5, 0.6) is 5.75 Å². The third kappa shape index (κ3) is 4.17. The zero-order valence-electron chi connectivity index (χ0n) is 13.9. The Hall–Kier alpha value is -3.28. The van der Waals surface area contributed by atoms with E-state index in [0.29, 0.717) is 18.1 Å². The van der Waals surface area contributed by atoms with Crippen molar-refractivity contribution in [1.29, 1.82) is 0 Å². The minimum atomic E-state index is -0.332. The number of para-hydroxylation sites is 1. The van der Waals surface area contributed by atoms with Crippen LogP contribution in [0.1, 0.15) is 29.6 Å². The number of furan rings is 1. The molecule has 128 valence electrons. The van der Waals surface area contributed by atoms with E-state index in [1.807, 2.05) is 24.3 Å². The van der Waals surface area contributed by atoms with Crippen LogP contribution in [0.15, 0.2) is 64.4 Å². The van der Waals surface area contributed by atoms with Crippen LogP contribution in [0.2, 0.25) is 0 Å². The monoisotopic (exact) mass is 337 g/mol. The molecule has 0 saturated carbocycles. The second kappa shape index (κ2) is 8.01. The number of carbonyl (C=O) groups excluding carboxylic acids is 1. The van der Waals surface area contributed by atoms with E-state index in [-0.39, 0.29) is 5.91 Å². The molecule has 25 heavy (non-hydrogen) atoms. The number of nitrogens with zero attached hydrogens (tertiary/aromatic N) is 1. The molecule has 2 N–H and O–H groups in total. The van der Waals surface area contributed by atoms with Gasteiger partial charge in [-0.05, 0) is 30.7 Å². The third-order valence-corrected chi connectivity index (χ3v) is 3.49. The molecule has 0 fully saturated rings. The number of aromatic amines is 1. The topological polar surface area (TPSA) is 79.6 Å². The van der Waals surface area contributed by atoms with Gasteiger partial charge in [-0.15, -0.1) is 0 Å². The molecule has 0 saturated heterocycles. The van der Waals surface area contributed by atoms with Crippen LogP contribution in [0.25, 0.3) is 11.1 Å². The van der Waals surface area contributed by atoms with Crippen molar-refractivity contribution in [1.82, 2.24) is 10.4 Å². The number of benzene rings is 1. The maximum atomic E-state index is 12.2. The summed E-state index contributed by atoms with van der Waals surface area (Å²) in [6.07, 6.45) is 5.69. The lowest BCUT2D eigenvalue weighted by atomic mass is 10.1. The third-order valence-electron chi connectivity index (χ3n) is 3.49. The molecule has 6 heteroatoms. The van der Waals surface area contributed by atoms with Gasteiger partial charge in [0, 0.05) is 17.3 Å². The maximum absolute atomic E-state index is 12.2. The van der Waals surface area contributed by atoms with E-state index in [0.717, 1.165) is 23.3 Å². The molecule has 1 amide bonds. The number of H-pyrrole nitrogens is 1. The van der Waals surface area contributed by atoms with Crippen molar-refractivity contribution < 1.29 is 13.9 Å². The van der Waals surface area contributed by atoms with E-state index < -0.39 is 0 Å². The van der Waals surface area contributed by atoms with Gasteiger partial charge < -0.3 is 14.1 Å². The molecule has 0 unspecified atom stereocenters. The van der Waals surface area contributed by atoms with Crippen LogP contribution in [-0.4, -0.2) is 23.7 Å². The fourth-order valence-electron chi connectivity index (χ4n) is 2.30. The van der Waals surface area contributed by atoms with Gasteiger partial charge in [-0.25, -0.2) is 5.43 Å². The van der Waals surface area contributed by atoms with Gasteiger partial charge in [-0.2, -0.15) is 5.10 Å². The normalized spacial score (nSPS) is 10.9. The summed E-state index contributed by atoms with van der Waals surface area (Å²) in [6, 6.07) is 13.0. The van der Waals surface area contributed by atoms with Crippen LogP contribution in [0, 0.1) is 0 Å². The van der Waals surface area contributed by atoms with Crippen LogP contribution in [0.4, 0.5) is 0 Å². The van der Waals surface area contributed by atoms with Crippen LogP contribution in [0.3, 0.4) is 0 Å². The van der Waals surface area contributed by atoms with E-state index >= 15 is 0 Å². The van der Waals surface area contributed by atoms with Gasteiger partial charge in [-0.1, -0.05) is 25.1 Å². The molecule has 0 aliphatic rings. The SMILES string of the molecule is CCCOc1ccccc1-c1c[nH]c(C(=O)NN=Cc2ccco2)c1. The predicted molar refractivity (Wildman–Crippen MR) is 95.8 cm³/mol. The van der Waals surface area contributed by atoms with Crippen LogP contribution < -0.4 is 10.2 Å². The highest BCUT2D eigenvalue weighted by molar-refractivity contribution is 5.94.